The van der Waals surface area contributed by atoms with Crippen molar-refractivity contribution in [3.63, 3.8) is 0 Å². The minimum atomic E-state index is -0.952. The Labute approximate surface area is 147 Å². The minimum absolute atomic E-state index is 0.189. The molecular weight excluding hydrogens is 318 g/mol. The number of benzene rings is 2. The lowest BCUT2D eigenvalue weighted by Crippen LogP contribution is -2.35. The third-order valence-corrected chi connectivity index (χ3v) is 4.66. The molecule has 0 radical (unpaired) electrons. The fraction of sp³-hybridized carbons (Fsp3) is 0.350. The summed E-state index contributed by atoms with van der Waals surface area (Å²) in [6.07, 6.45) is -0.472. The molecule has 1 heterocycles. The van der Waals surface area contributed by atoms with E-state index in [0.717, 1.165) is 28.2 Å². The minimum Gasteiger partial charge on any atom is -0.497 e. The van der Waals surface area contributed by atoms with Crippen molar-refractivity contribution in [2.24, 2.45) is 0 Å². The van der Waals surface area contributed by atoms with E-state index < -0.39 is 6.09 Å². The zero-order valence-electron chi connectivity index (χ0n) is 15.0. The van der Waals surface area contributed by atoms with E-state index in [1.807, 2.05) is 18.2 Å². The zero-order chi connectivity index (χ0) is 18.1. The van der Waals surface area contributed by atoms with Gasteiger partial charge in [0, 0.05) is 24.6 Å². The van der Waals surface area contributed by atoms with Crippen LogP contribution in [0.1, 0.15) is 16.7 Å². The van der Waals surface area contributed by atoms with Crippen LogP contribution in [-0.2, 0) is 6.42 Å². The fourth-order valence-electron chi connectivity index (χ4n) is 3.43. The van der Waals surface area contributed by atoms with Crippen molar-refractivity contribution >= 4 is 6.09 Å². The molecule has 1 unspecified atom stereocenters. The van der Waals surface area contributed by atoms with Gasteiger partial charge in [0.1, 0.15) is 17.6 Å². The third-order valence-electron chi connectivity index (χ3n) is 4.66. The van der Waals surface area contributed by atoms with Crippen LogP contribution in [0, 0.1) is 13.8 Å². The third kappa shape index (κ3) is 3.27. The number of rotatable bonds is 4. The normalized spacial score (nSPS) is 15.4. The van der Waals surface area contributed by atoms with Crippen LogP contribution in [0.15, 0.2) is 30.3 Å². The largest absolute Gasteiger partial charge is 0.497 e. The molecule has 1 aliphatic heterocycles. The molecule has 5 nitrogen and oxygen atoms in total. The molecule has 0 spiro atoms. The standard InChI is InChI=1S/C20H23NO4/c1-12-6-5-7-13(2)18(12)17-10-15(24-4)8-14-9-16(25-19(14)17)11-21(3)20(22)23/h5-8,10,16H,9,11H2,1-4H3,(H,22,23). The van der Waals surface area contributed by atoms with E-state index in [2.05, 4.69) is 26.0 Å². The van der Waals surface area contributed by atoms with Gasteiger partial charge < -0.3 is 19.5 Å². The molecule has 1 N–H and O–H groups in total. The number of carboxylic acid groups (broad SMARTS) is 1. The van der Waals surface area contributed by atoms with Crippen LogP contribution in [0.2, 0.25) is 0 Å². The van der Waals surface area contributed by atoms with Gasteiger partial charge >= 0.3 is 6.09 Å². The molecule has 0 aliphatic carbocycles. The van der Waals surface area contributed by atoms with Crippen molar-refractivity contribution < 1.29 is 19.4 Å². The average Bonchev–Trinajstić information content (AvgIpc) is 2.96. The van der Waals surface area contributed by atoms with Crippen LogP contribution in [0.5, 0.6) is 11.5 Å². The molecule has 25 heavy (non-hydrogen) atoms. The first kappa shape index (κ1) is 17.1. The van der Waals surface area contributed by atoms with Crippen LogP contribution >= 0.6 is 0 Å². The Morgan fingerprint density at radius 1 is 1.32 bits per heavy atom. The number of fused-ring (bicyclic) bond motifs is 1. The second-order valence-corrected chi connectivity index (χ2v) is 6.54. The molecule has 2 aromatic carbocycles. The SMILES string of the molecule is COc1cc2c(c(-c3c(C)cccc3C)c1)OC(CN(C)C(=O)O)C2. The van der Waals surface area contributed by atoms with Gasteiger partial charge in [-0.3, -0.25) is 0 Å². The summed E-state index contributed by atoms with van der Waals surface area (Å²) in [5.41, 5.74) is 5.55. The van der Waals surface area contributed by atoms with Gasteiger partial charge in [-0.1, -0.05) is 18.2 Å². The maximum absolute atomic E-state index is 11.1. The lowest BCUT2D eigenvalue weighted by molar-refractivity contribution is 0.129. The predicted octanol–water partition coefficient (Wildman–Crippen LogP) is 3.89. The highest BCUT2D eigenvalue weighted by Gasteiger charge is 2.29. The van der Waals surface area contributed by atoms with Gasteiger partial charge in [-0.25, -0.2) is 4.79 Å². The first-order valence-corrected chi connectivity index (χ1v) is 8.29. The van der Waals surface area contributed by atoms with Crippen molar-refractivity contribution in [1.82, 2.24) is 4.90 Å². The number of hydrogen-bond acceptors (Lipinski definition) is 3. The molecule has 0 saturated heterocycles. The second-order valence-electron chi connectivity index (χ2n) is 6.54. The van der Waals surface area contributed by atoms with E-state index in [9.17, 15) is 4.79 Å². The van der Waals surface area contributed by atoms with Gasteiger partial charge in [0.25, 0.3) is 0 Å². The van der Waals surface area contributed by atoms with Crippen molar-refractivity contribution in [2.45, 2.75) is 26.4 Å². The monoisotopic (exact) mass is 341 g/mol. The van der Waals surface area contributed by atoms with Crippen LogP contribution in [0.3, 0.4) is 0 Å². The van der Waals surface area contributed by atoms with E-state index in [0.29, 0.717) is 13.0 Å². The molecule has 1 aliphatic rings. The molecule has 0 aromatic heterocycles. The Morgan fingerprint density at radius 3 is 2.60 bits per heavy atom. The van der Waals surface area contributed by atoms with E-state index in [-0.39, 0.29) is 6.10 Å². The van der Waals surface area contributed by atoms with Crippen LogP contribution in [0.25, 0.3) is 11.1 Å². The predicted molar refractivity (Wildman–Crippen MR) is 96.7 cm³/mol. The van der Waals surface area contributed by atoms with Gasteiger partial charge in [-0.2, -0.15) is 0 Å². The number of nitrogens with zero attached hydrogens (tertiary/aromatic N) is 1. The fourth-order valence-corrected chi connectivity index (χ4v) is 3.43. The van der Waals surface area contributed by atoms with Crippen LogP contribution in [-0.4, -0.2) is 42.9 Å². The quantitative estimate of drug-likeness (QED) is 0.916. The molecule has 0 fully saturated rings. The Hall–Kier alpha value is -2.69. The van der Waals surface area contributed by atoms with Gasteiger partial charge in [0.05, 0.1) is 13.7 Å². The van der Waals surface area contributed by atoms with Gasteiger partial charge in [-0.05, 0) is 42.7 Å². The van der Waals surface area contributed by atoms with Gasteiger partial charge in [0.15, 0.2) is 0 Å². The smallest absolute Gasteiger partial charge is 0.407 e. The second kappa shape index (κ2) is 6.67. The summed E-state index contributed by atoms with van der Waals surface area (Å²) in [6.45, 7) is 4.50. The van der Waals surface area contributed by atoms with Gasteiger partial charge in [0.2, 0.25) is 0 Å². The summed E-state index contributed by atoms with van der Waals surface area (Å²) >= 11 is 0. The Balaban J connectivity index is 2.03. The molecule has 0 bridgehead atoms. The summed E-state index contributed by atoms with van der Waals surface area (Å²) in [4.78, 5) is 12.3. The number of methoxy groups -OCH3 is 1. The number of ether oxygens (including phenoxy) is 2. The lowest BCUT2D eigenvalue weighted by Gasteiger charge is -2.19. The Kier molecular flexibility index (Phi) is 4.57. The summed E-state index contributed by atoms with van der Waals surface area (Å²) < 4.78 is 11.6. The van der Waals surface area contributed by atoms with Crippen molar-refractivity contribution in [1.29, 1.82) is 0 Å². The highest BCUT2D eigenvalue weighted by molar-refractivity contribution is 5.79. The van der Waals surface area contributed by atoms with Crippen molar-refractivity contribution in [2.75, 3.05) is 20.7 Å². The van der Waals surface area contributed by atoms with Crippen LogP contribution in [0.4, 0.5) is 4.79 Å². The highest BCUT2D eigenvalue weighted by atomic mass is 16.5. The highest BCUT2D eigenvalue weighted by Crippen LogP contribution is 2.44. The van der Waals surface area contributed by atoms with Crippen molar-refractivity contribution in [3.05, 3.63) is 47.0 Å². The molecule has 2 aromatic rings. The van der Waals surface area contributed by atoms with Crippen molar-refractivity contribution in [3.8, 4) is 22.6 Å². The molecule has 0 saturated carbocycles. The number of hydrogen-bond donors (Lipinski definition) is 1. The van der Waals surface area contributed by atoms with E-state index in [4.69, 9.17) is 14.6 Å². The molecule has 3 rings (SSSR count). The van der Waals surface area contributed by atoms with E-state index in [1.165, 1.54) is 16.0 Å². The summed E-state index contributed by atoms with van der Waals surface area (Å²) in [5.74, 6) is 1.62. The maximum Gasteiger partial charge on any atom is 0.407 e. The molecule has 1 amide bonds. The summed E-state index contributed by atoms with van der Waals surface area (Å²) in [5, 5.41) is 9.10. The molecule has 5 heteroatoms. The Morgan fingerprint density at radius 2 is 2.00 bits per heavy atom. The van der Waals surface area contributed by atoms with Gasteiger partial charge in [-0.15, -0.1) is 0 Å². The molecule has 1 atom stereocenters. The Bertz CT molecular complexity index is 795. The topological polar surface area (TPSA) is 59.0 Å². The molecular formula is C20H23NO4. The van der Waals surface area contributed by atoms with E-state index in [1.54, 1.807) is 14.2 Å². The number of likely N-dealkylation sites (N-methyl/N-ethyl adjacent to an activating group) is 1. The lowest BCUT2D eigenvalue weighted by atomic mass is 9.93. The van der Waals surface area contributed by atoms with Crippen LogP contribution < -0.4 is 9.47 Å². The first-order chi connectivity index (χ1) is 11.9. The number of carbonyl (C=O) groups is 1. The number of aryl methyl sites for hydroxylation is 2. The maximum atomic E-state index is 11.1. The van der Waals surface area contributed by atoms with E-state index >= 15 is 0 Å². The molecule has 132 valence electrons. The number of amides is 1. The first-order valence-electron chi connectivity index (χ1n) is 8.29. The summed E-state index contributed by atoms with van der Waals surface area (Å²) in [7, 11) is 3.21. The summed E-state index contributed by atoms with van der Waals surface area (Å²) in [6, 6.07) is 10.2. The zero-order valence-corrected chi connectivity index (χ0v) is 15.0. The average molecular weight is 341 g/mol.